The van der Waals surface area contributed by atoms with E-state index in [9.17, 15) is 4.39 Å². The van der Waals surface area contributed by atoms with E-state index in [-0.39, 0.29) is 30.0 Å². The van der Waals surface area contributed by atoms with Crippen molar-refractivity contribution < 1.29 is 22.8 Å². The van der Waals surface area contributed by atoms with Gasteiger partial charge >= 0.3 is 0 Å². The Morgan fingerprint density at radius 1 is 1.21 bits per heavy atom. The second-order valence-corrected chi connectivity index (χ2v) is 8.67. The Balaban J connectivity index is 1.55. The number of alkyl halides is 1. The number of methoxy groups -OCH3 is 1. The van der Waals surface area contributed by atoms with Crippen molar-refractivity contribution in [1.29, 1.82) is 0 Å². The standard InChI is InChI=1S/C23H27F2N5O3/c1-12-16-8-15(31-3)9-17(24)21(16)28-22(20(12)23-26-13(2)29-33-23)30-6-4-19(18(25)10-30)27-14-5-7-32-11-14/h8-9,14,18-19,27H,4-7,10-11H2,1-3H3/t14-,18-,19-/m0/s1. The van der Waals surface area contributed by atoms with Gasteiger partial charge in [-0.1, -0.05) is 5.16 Å². The van der Waals surface area contributed by atoms with Crippen LogP contribution in [0.5, 0.6) is 5.75 Å². The number of pyridine rings is 1. The van der Waals surface area contributed by atoms with Crippen molar-refractivity contribution in [3.05, 3.63) is 29.3 Å². The van der Waals surface area contributed by atoms with E-state index in [2.05, 4.69) is 20.4 Å². The number of nitrogens with one attached hydrogen (secondary N) is 1. The zero-order chi connectivity index (χ0) is 23.1. The van der Waals surface area contributed by atoms with Crippen LogP contribution >= 0.6 is 0 Å². The molecule has 2 fully saturated rings. The molecule has 0 saturated carbocycles. The van der Waals surface area contributed by atoms with Crippen LogP contribution in [-0.2, 0) is 4.74 Å². The van der Waals surface area contributed by atoms with Crippen LogP contribution in [0.3, 0.4) is 0 Å². The number of aromatic nitrogens is 3. The molecule has 33 heavy (non-hydrogen) atoms. The van der Waals surface area contributed by atoms with Gasteiger partial charge in [-0.3, -0.25) is 0 Å². The third kappa shape index (κ3) is 4.13. The highest BCUT2D eigenvalue weighted by Gasteiger charge is 2.34. The molecule has 0 spiro atoms. The first-order valence-electron chi connectivity index (χ1n) is 11.2. The maximum Gasteiger partial charge on any atom is 0.261 e. The molecule has 2 aromatic heterocycles. The molecule has 2 aliphatic heterocycles. The van der Waals surface area contributed by atoms with Crippen LogP contribution in [0.15, 0.2) is 16.7 Å². The number of anilines is 1. The highest BCUT2D eigenvalue weighted by Crippen LogP contribution is 2.39. The number of halogens is 2. The van der Waals surface area contributed by atoms with Crippen molar-refractivity contribution in [3.8, 4) is 17.2 Å². The monoisotopic (exact) mass is 459 g/mol. The minimum Gasteiger partial charge on any atom is -0.497 e. The fourth-order valence-electron chi connectivity index (χ4n) is 4.69. The first-order valence-corrected chi connectivity index (χ1v) is 11.2. The van der Waals surface area contributed by atoms with Gasteiger partial charge in [-0.15, -0.1) is 0 Å². The van der Waals surface area contributed by atoms with Gasteiger partial charge in [0.05, 0.1) is 25.8 Å². The van der Waals surface area contributed by atoms with Crippen LogP contribution in [0.4, 0.5) is 14.6 Å². The van der Waals surface area contributed by atoms with Crippen molar-refractivity contribution in [1.82, 2.24) is 20.4 Å². The largest absolute Gasteiger partial charge is 0.497 e. The Hall–Kier alpha value is -2.85. The molecule has 1 N–H and O–H groups in total. The van der Waals surface area contributed by atoms with Crippen LogP contribution in [0.1, 0.15) is 24.2 Å². The van der Waals surface area contributed by atoms with E-state index < -0.39 is 12.0 Å². The number of piperidine rings is 1. The van der Waals surface area contributed by atoms with Gasteiger partial charge in [-0.05, 0) is 38.3 Å². The van der Waals surface area contributed by atoms with E-state index in [1.54, 1.807) is 13.0 Å². The van der Waals surface area contributed by atoms with Gasteiger partial charge < -0.3 is 24.2 Å². The normalized spacial score (nSPS) is 23.4. The summed E-state index contributed by atoms with van der Waals surface area (Å²) in [5, 5.41) is 7.88. The first kappa shape index (κ1) is 22.0. The van der Waals surface area contributed by atoms with Crippen LogP contribution in [0.25, 0.3) is 22.4 Å². The SMILES string of the molecule is COc1cc(F)c2nc(N3CC[C@H](N[C@H]4CCOC4)[C@@H](F)C3)c(-c3nc(C)no3)c(C)c2c1. The second kappa shape index (κ2) is 8.83. The summed E-state index contributed by atoms with van der Waals surface area (Å²) in [7, 11) is 1.48. The number of hydrogen-bond donors (Lipinski definition) is 1. The van der Waals surface area contributed by atoms with Crippen molar-refractivity contribution in [2.24, 2.45) is 0 Å². The molecule has 1 aromatic carbocycles. The summed E-state index contributed by atoms with van der Waals surface area (Å²) in [5.74, 6) is 1.07. The topological polar surface area (TPSA) is 85.5 Å². The van der Waals surface area contributed by atoms with Gasteiger partial charge in [-0.25, -0.2) is 13.8 Å². The lowest BCUT2D eigenvalue weighted by molar-refractivity contribution is 0.172. The molecule has 5 rings (SSSR count). The van der Waals surface area contributed by atoms with Gasteiger partial charge in [0.15, 0.2) is 11.6 Å². The maximum absolute atomic E-state index is 15.3. The lowest BCUT2D eigenvalue weighted by Crippen LogP contribution is -2.54. The molecule has 176 valence electrons. The van der Waals surface area contributed by atoms with Gasteiger partial charge in [0.25, 0.3) is 5.89 Å². The molecule has 3 aromatic rings. The van der Waals surface area contributed by atoms with Crippen molar-refractivity contribution in [2.75, 3.05) is 38.3 Å². The number of hydrogen-bond acceptors (Lipinski definition) is 8. The van der Waals surface area contributed by atoms with E-state index in [0.29, 0.717) is 54.5 Å². The smallest absolute Gasteiger partial charge is 0.261 e. The zero-order valence-electron chi connectivity index (χ0n) is 18.9. The number of fused-ring (bicyclic) bond motifs is 1. The maximum atomic E-state index is 15.3. The third-order valence-electron chi connectivity index (χ3n) is 6.45. The molecule has 3 atom stereocenters. The summed E-state index contributed by atoms with van der Waals surface area (Å²) in [6, 6.07) is 2.95. The average Bonchev–Trinajstić information content (AvgIpc) is 3.47. The molecule has 0 amide bonds. The quantitative estimate of drug-likeness (QED) is 0.622. The first-order chi connectivity index (χ1) is 15.9. The molecule has 2 aliphatic rings. The summed E-state index contributed by atoms with van der Waals surface area (Å²) < 4.78 is 46.3. The molecule has 0 bridgehead atoms. The molecule has 4 heterocycles. The number of benzene rings is 1. The van der Waals surface area contributed by atoms with Crippen molar-refractivity contribution in [3.63, 3.8) is 0 Å². The predicted octanol–water partition coefficient (Wildman–Crippen LogP) is 3.34. The second-order valence-electron chi connectivity index (χ2n) is 8.67. The van der Waals surface area contributed by atoms with Crippen molar-refractivity contribution in [2.45, 2.75) is 44.9 Å². The van der Waals surface area contributed by atoms with Crippen LogP contribution in [-0.4, -0.2) is 66.8 Å². The summed E-state index contributed by atoms with van der Waals surface area (Å²) >= 11 is 0. The summed E-state index contributed by atoms with van der Waals surface area (Å²) in [6.45, 7) is 5.57. The van der Waals surface area contributed by atoms with Crippen molar-refractivity contribution >= 4 is 16.7 Å². The Kier molecular flexibility index (Phi) is 5.88. The lowest BCUT2D eigenvalue weighted by atomic mass is 9.98. The van der Waals surface area contributed by atoms with E-state index >= 15 is 4.39 Å². The third-order valence-corrected chi connectivity index (χ3v) is 6.45. The van der Waals surface area contributed by atoms with Crippen LogP contribution in [0, 0.1) is 19.7 Å². The van der Waals surface area contributed by atoms with E-state index in [1.807, 2.05) is 11.8 Å². The highest BCUT2D eigenvalue weighted by molar-refractivity contribution is 5.93. The fourth-order valence-corrected chi connectivity index (χ4v) is 4.69. The molecule has 2 saturated heterocycles. The Morgan fingerprint density at radius 2 is 2.06 bits per heavy atom. The van der Waals surface area contributed by atoms with E-state index in [4.69, 9.17) is 14.0 Å². The number of nitrogens with zero attached hydrogens (tertiary/aromatic N) is 4. The molecule has 8 nitrogen and oxygen atoms in total. The summed E-state index contributed by atoms with van der Waals surface area (Å²) in [4.78, 5) is 10.9. The molecular weight excluding hydrogens is 432 g/mol. The van der Waals surface area contributed by atoms with E-state index in [1.165, 1.54) is 13.2 Å². The van der Waals surface area contributed by atoms with Crippen LogP contribution in [0.2, 0.25) is 0 Å². The van der Waals surface area contributed by atoms with E-state index in [0.717, 1.165) is 12.0 Å². The van der Waals surface area contributed by atoms with Crippen LogP contribution < -0.4 is 15.0 Å². The minimum atomic E-state index is -1.12. The Labute approximate surface area is 190 Å². The fraction of sp³-hybridized carbons (Fsp3) is 0.522. The molecular formula is C23H27F2N5O3. The van der Waals surface area contributed by atoms with Gasteiger partial charge in [0, 0.05) is 36.7 Å². The number of aryl methyl sites for hydroxylation is 2. The highest BCUT2D eigenvalue weighted by atomic mass is 19.1. The number of ether oxygens (including phenoxy) is 2. The Morgan fingerprint density at radius 3 is 2.73 bits per heavy atom. The summed E-state index contributed by atoms with van der Waals surface area (Å²) in [6.07, 6.45) is 0.362. The molecule has 0 unspecified atom stereocenters. The summed E-state index contributed by atoms with van der Waals surface area (Å²) in [5.41, 5.74) is 1.50. The number of rotatable bonds is 5. The van der Waals surface area contributed by atoms with Gasteiger partial charge in [0.1, 0.15) is 23.3 Å². The van der Waals surface area contributed by atoms with Gasteiger partial charge in [0.2, 0.25) is 0 Å². The molecule has 0 radical (unpaired) electrons. The average molecular weight is 459 g/mol. The predicted molar refractivity (Wildman–Crippen MR) is 119 cm³/mol. The zero-order valence-corrected chi connectivity index (χ0v) is 18.9. The molecule has 0 aliphatic carbocycles. The lowest BCUT2D eigenvalue weighted by Gasteiger charge is -2.37. The van der Waals surface area contributed by atoms with Gasteiger partial charge in [-0.2, -0.15) is 4.98 Å². The minimum absolute atomic E-state index is 0.126. The molecule has 10 heteroatoms. The Bertz CT molecular complexity index is 1160.